The predicted molar refractivity (Wildman–Crippen MR) is 59.2 cm³/mol. The van der Waals surface area contributed by atoms with E-state index in [1.54, 1.807) is 5.32 Å². The van der Waals surface area contributed by atoms with Crippen molar-refractivity contribution in [3.05, 3.63) is 38.3 Å². The van der Waals surface area contributed by atoms with Gasteiger partial charge in [-0.2, -0.15) is 13.2 Å². The van der Waals surface area contributed by atoms with Crippen molar-refractivity contribution < 1.29 is 22.9 Å². The number of nitro groups is 1. The van der Waals surface area contributed by atoms with Crippen LogP contribution in [0.4, 0.5) is 18.9 Å². The van der Waals surface area contributed by atoms with Crippen molar-refractivity contribution >= 4 is 27.5 Å². The first-order chi connectivity index (χ1) is 8.20. The molecule has 0 aromatic heterocycles. The lowest BCUT2D eigenvalue weighted by Gasteiger charge is -2.09. The molecule has 0 aliphatic rings. The molecule has 1 aromatic rings. The summed E-state index contributed by atoms with van der Waals surface area (Å²) < 4.78 is 35.9. The Labute approximate surface area is 107 Å². The standard InChI is InChI=1S/C9H6BrF3N2O3/c10-7-2-1-5(15(17)18)3-6(7)8(16)14-4-9(11,12)13/h1-3H,4H2,(H,14,16). The molecule has 9 heteroatoms. The number of nitrogens with zero attached hydrogens (tertiary/aromatic N) is 1. The molecule has 0 aliphatic heterocycles. The number of carbonyl (C=O) groups is 1. The van der Waals surface area contributed by atoms with Crippen LogP contribution in [0.25, 0.3) is 0 Å². The fourth-order valence-electron chi connectivity index (χ4n) is 1.08. The molecule has 1 aromatic carbocycles. The Morgan fingerprint density at radius 2 is 2.06 bits per heavy atom. The molecule has 0 aliphatic carbocycles. The lowest BCUT2D eigenvalue weighted by molar-refractivity contribution is -0.384. The molecule has 1 amide bonds. The highest BCUT2D eigenvalue weighted by Gasteiger charge is 2.28. The van der Waals surface area contributed by atoms with E-state index in [-0.39, 0.29) is 15.7 Å². The van der Waals surface area contributed by atoms with E-state index in [4.69, 9.17) is 0 Å². The molecule has 5 nitrogen and oxygen atoms in total. The molecule has 0 radical (unpaired) electrons. The summed E-state index contributed by atoms with van der Waals surface area (Å²) in [5.74, 6) is -1.04. The highest BCUT2D eigenvalue weighted by molar-refractivity contribution is 9.10. The summed E-state index contributed by atoms with van der Waals surface area (Å²) in [7, 11) is 0. The average molecular weight is 327 g/mol. The fraction of sp³-hybridized carbons (Fsp3) is 0.222. The smallest absolute Gasteiger partial charge is 0.343 e. The van der Waals surface area contributed by atoms with E-state index in [0.29, 0.717) is 0 Å². The Kier molecular flexibility index (Phi) is 4.28. The zero-order valence-corrected chi connectivity index (χ0v) is 10.2. The second-order valence-corrected chi connectivity index (χ2v) is 4.07. The molecule has 0 saturated heterocycles. The van der Waals surface area contributed by atoms with E-state index < -0.39 is 23.6 Å². The van der Waals surface area contributed by atoms with Crippen LogP contribution >= 0.6 is 15.9 Å². The van der Waals surface area contributed by atoms with Crippen molar-refractivity contribution in [3.63, 3.8) is 0 Å². The predicted octanol–water partition coefficient (Wildman–Crippen LogP) is 2.65. The van der Waals surface area contributed by atoms with Crippen LogP contribution in [-0.4, -0.2) is 23.6 Å². The van der Waals surface area contributed by atoms with Crippen LogP contribution in [0.5, 0.6) is 0 Å². The van der Waals surface area contributed by atoms with Crippen LogP contribution in [0, 0.1) is 10.1 Å². The molecular weight excluding hydrogens is 321 g/mol. The third kappa shape index (κ3) is 3.99. The zero-order chi connectivity index (χ0) is 13.9. The van der Waals surface area contributed by atoms with Gasteiger partial charge in [-0.3, -0.25) is 14.9 Å². The maximum Gasteiger partial charge on any atom is 0.405 e. The van der Waals surface area contributed by atoms with Crippen molar-refractivity contribution in [2.24, 2.45) is 0 Å². The normalized spacial score (nSPS) is 11.1. The number of nitrogens with one attached hydrogen (secondary N) is 1. The number of halogens is 4. The minimum absolute atomic E-state index is 0.174. The zero-order valence-electron chi connectivity index (χ0n) is 8.62. The van der Waals surface area contributed by atoms with Crippen LogP contribution in [0.15, 0.2) is 22.7 Å². The van der Waals surface area contributed by atoms with Crippen LogP contribution in [0.2, 0.25) is 0 Å². The van der Waals surface area contributed by atoms with Crippen LogP contribution in [0.1, 0.15) is 10.4 Å². The van der Waals surface area contributed by atoms with Gasteiger partial charge in [0.05, 0.1) is 10.5 Å². The highest BCUT2D eigenvalue weighted by atomic mass is 79.9. The number of rotatable bonds is 3. The first-order valence-corrected chi connectivity index (χ1v) is 5.29. The first-order valence-electron chi connectivity index (χ1n) is 4.49. The van der Waals surface area contributed by atoms with Gasteiger partial charge in [0.25, 0.3) is 11.6 Å². The van der Waals surface area contributed by atoms with Crippen LogP contribution < -0.4 is 5.32 Å². The Morgan fingerprint density at radius 1 is 1.44 bits per heavy atom. The molecule has 0 fully saturated rings. The molecule has 0 unspecified atom stereocenters. The van der Waals surface area contributed by atoms with Gasteiger partial charge in [-0.1, -0.05) is 0 Å². The molecule has 0 atom stereocenters. The summed E-state index contributed by atoms with van der Waals surface area (Å²) in [6.45, 7) is -1.50. The summed E-state index contributed by atoms with van der Waals surface area (Å²) in [5.41, 5.74) is -0.608. The molecular formula is C9H6BrF3N2O3. The minimum atomic E-state index is -4.54. The number of amides is 1. The van der Waals surface area contributed by atoms with Gasteiger partial charge >= 0.3 is 6.18 Å². The Morgan fingerprint density at radius 3 is 2.56 bits per heavy atom. The van der Waals surface area contributed by atoms with Crippen molar-refractivity contribution in [2.75, 3.05) is 6.54 Å². The van der Waals surface area contributed by atoms with E-state index in [2.05, 4.69) is 15.9 Å². The first kappa shape index (κ1) is 14.4. The SMILES string of the molecule is O=C(NCC(F)(F)F)c1cc([N+](=O)[O-])ccc1Br. The van der Waals surface area contributed by atoms with Crippen molar-refractivity contribution in [3.8, 4) is 0 Å². The number of hydrogen-bond acceptors (Lipinski definition) is 3. The summed E-state index contributed by atoms with van der Waals surface area (Å²) in [4.78, 5) is 21.2. The largest absolute Gasteiger partial charge is 0.405 e. The van der Waals surface area contributed by atoms with E-state index in [1.165, 1.54) is 6.07 Å². The monoisotopic (exact) mass is 326 g/mol. The maximum atomic E-state index is 11.9. The molecule has 1 N–H and O–H groups in total. The summed E-state index contributed by atoms with van der Waals surface area (Å²) in [5, 5.41) is 12.1. The number of nitro benzene ring substituents is 1. The molecule has 0 spiro atoms. The second-order valence-electron chi connectivity index (χ2n) is 3.22. The van der Waals surface area contributed by atoms with Crippen molar-refractivity contribution in [2.45, 2.75) is 6.18 Å². The highest BCUT2D eigenvalue weighted by Crippen LogP contribution is 2.22. The topological polar surface area (TPSA) is 72.2 Å². The van der Waals surface area contributed by atoms with Gasteiger partial charge in [-0.25, -0.2) is 0 Å². The van der Waals surface area contributed by atoms with E-state index in [1.807, 2.05) is 0 Å². The van der Waals surface area contributed by atoms with Crippen LogP contribution in [-0.2, 0) is 0 Å². The molecule has 0 saturated carbocycles. The van der Waals surface area contributed by atoms with Gasteiger partial charge in [0.1, 0.15) is 6.54 Å². The fourth-order valence-corrected chi connectivity index (χ4v) is 1.50. The summed E-state index contributed by atoms with van der Waals surface area (Å²) in [6.07, 6.45) is -4.54. The molecule has 0 heterocycles. The Bertz CT molecular complexity index is 490. The molecule has 18 heavy (non-hydrogen) atoms. The minimum Gasteiger partial charge on any atom is -0.343 e. The number of benzene rings is 1. The summed E-state index contributed by atoms with van der Waals surface area (Å²) in [6, 6.07) is 3.25. The third-order valence-electron chi connectivity index (χ3n) is 1.85. The summed E-state index contributed by atoms with van der Waals surface area (Å²) >= 11 is 2.94. The number of hydrogen-bond donors (Lipinski definition) is 1. The van der Waals surface area contributed by atoms with Gasteiger partial charge in [0.15, 0.2) is 0 Å². The van der Waals surface area contributed by atoms with Gasteiger partial charge in [0, 0.05) is 16.6 Å². The maximum absolute atomic E-state index is 11.9. The second kappa shape index (κ2) is 5.34. The number of non-ortho nitro benzene ring substituents is 1. The molecule has 98 valence electrons. The lowest BCUT2D eigenvalue weighted by atomic mass is 10.2. The van der Waals surface area contributed by atoms with Gasteiger partial charge in [-0.15, -0.1) is 0 Å². The molecule has 0 bridgehead atoms. The Balaban J connectivity index is 2.91. The van der Waals surface area contributed by atoms with E-state index in [9.17, 15) is 28.1 Å². The average Bonchev–Trinajstić information content (AvgIpc) is 2.25. The van der Waals surface area contributed by atoms with E-state index in [0.717, 1.165) is 12.1 Å². The number of alkyl halides is 3. The Hall–Kier alpha value is -1.64. The third-order valence-corrected chi connectivity index (χ3v) is 2.55. The van der Waals surface area contributed by atoms with Gasteiger partial charge in [0.2, 0.25) is 0 Å². The quantitative estimate of drug-likeness (QED) is 0.685. The number of carbonyl (C=O) groups excluding carboxylic acids is 1. The lowest BCUT2D eigenvalue weighted by Crippen LogP contribution is -2.33. The van der Waals surface area contributed by atoms with Crippen molar-refractivity contribution in [1.29, 1.82) is 0 Å². The van der Waals surface area contributed by atoms with Gasteiger partial charge in [-0.05, 0) is 22.0 Å². The van der Waals surface area contributed by atoms with E-state index >= 15 is 0 Å². The molecule has 1 rings (SSSR count). The van der Waals surface area contributed by atoms with Crippen LogP contribution in [0.3, 0.4) is 0 Å². The van der Waals surface area contributed by atoms with Gasteiger partial charge < -0.3 is 5.32 Å². The van der Waals surface area contributed by atoms with Crippen molar-refractivity contribution in [1.82, 2.24) is 5.32 Å².